The van der Waals surface area contributed by atoms with Gasteiger partial charge in [-0.2, -0.15) is 0 Å². The van der Waals surface area contributed by atoms with E-state index < -0.39 is 5.72 Å². The average Bonchev–Trinajstić information content (AvgIpc) is 2.14. The monoisotopic (exact) mass is 237 g/mol. The van der Waals surface area contributed by atoms with E-state index in [1.807, 2.05) is 20.8 Å². The predicted molar refractivity (Wildman–Crippen MR) is 66.0 cm³/mol. The number of nitrogens with one attached hydrogen (secondary N) is 1. The fraction of sp³-hybridized carbons (Fsp3) is 0.462. The van der Waals surface area contributed by atoms with Crippen LogP contribution in [0.3, 0.4) is 0 Å². The van der Waals surface area contributed by atoms with E-state index >= 15 is 0 Å². The van der Waals surface area contributed by atoms with Gasteiger partial charge in [0.25, 0.3) is 0 Å². The third-order valence-corrected chi connectivity index (χ3v) is 2.34. The van der Waals surface area contributed by atoms with Crippen molar-refractivity contribution < 1.29 is 15.0 Å². The third kappa shape index (κ3) is 3.54. The lowest BCUT2D eigenvalue weighted by Crippen LogP contribution is -2.50. The first kappa shape index (κ1) is 13.7. The number of aliphatic hydroxyl groups is 1. The summed E-state index contributed by atoms with van der Waals surface area (Å²) in [5, 5.41) is 22.8. The minimum absolute atomic E-state index is 0.0877. The maximum absolute atomic E-state index is 10.7. The summed E-state index contributed by atoms with van der Waals surface area (Å²) < 4.78 is 0. The number of rotatable bonds is 3. The van der Waals surface area contributed by atoms with E-state index in [9.17, 15) is 15.0 Å². The number of hydrogen-bond donors (Lipinski definition) is 3. The van der Waals surface area contributed by atoms with Crippen LogP contribution in [0.2, 0.25) is 0 Å². The van der Waals surface area contributed by atoms with Crippen LogP contribution in [0.4, 0.5) is 0 Å². The van der Waals surface area contributed by atoms with Crippen molar-refractivity contribution in [3.8, 4) is 5.75 Å². The standard InChI is InChI=1S/C13H19NO3/c1-12(2,3)14-13(4,17)10-5-6-11(16)9(7-10)8-15/h5-8,14,16-17H,1-4H3. The number of phenolic OH excluding ortho intramolecular Hbond substituents is 1. The Bertz CT molecular complexity index is 419. The highest BCUT2D eigenvalue weighted by Gasteiger charge is 2.28. The fourth-order valence-electron chi connectivity index (χ4n) is 1.75. The summed E-state index contributed by atoms with van der Waals surface area (Å²) in [5.41, 5.74) is -0.835. The van der Waals surface area contributed by atoms with Gasteiger partial charge in [0, 0.05) is 5.54 Å². The van der Waals surface area contributed by atoms with E-state index in [1.165, 1.54) is 12.1 Å². The molecule has 1 atom stereocenters. The number of benzene rings is 1. The van der Waals surface area contributed by atoms with Crippen LogP contribution in [0.1, 0.15) is 43.6 Å². The van der Waals surface area contributed by atoms with Crippen LogP contribution < -0.4 is 5.32 Å². The number of carbonyl (C=O) groups is 1. The van der Waals surface area contributed by atoms with E-state index in [1.54, 1.807) is 13.0 Å². The van der Waals surface area contributed by atoms with Crippen LogP contribution in [0, 0.1) is 0 Å². The van der Waals surface area contributed by atoms with Gasteiger partial charge < -0.3 is 10.2 Å². The Kier molecular flexibility index (Phi) is 3.59. The van der Waals surface area contributed by atoms with Gasteiger partial charge in [0.2, 0.25) is 0 Å². The van der Waals surface area contributed by atoms with Gasteiger partial charge in [-0.3, -0.25) is 10.1 Å². The van der Waals surface area contributed by atoms with Crippen molar-refractivity contribution in [3.05, 3.63) is 29.3 Å². The molecule has 0 amide bonds. The molecule has 3 N–H and O–H groups in total. The Labute approximate surface area is 101 Å². The van der Waals surface area contributed by atoms with E-state index in [4.69, 9.17) is 0 Å². The van der Waals surface area contributed by atoms with Gasteiger partial charge in [0.1, 0.15) is 11.5 Å². The van der Waals surface area contributed by atoms with Gasteiger partial charge in [-0.1, -0.05) is 6.07 Å². The molecule has 0 fully saturated rings. The Morgan fingerprint density at radius 1 is 1.24 bits per heavy atom. The fourth-order valence-corrected chi connectivity index (χ4v) is 1.75. The van der Waals surface area contributed by atoms with E-state index in [0.717, 1.165) is 0 Å². The van der Waals surface area contributed by atoms with Crippen molar-refractivity contribution in [1.29, 1.82) is 0 Å². The highest BCUT2D eigenvalue weighted by Crippen LogP contribution is 2.25. The van der Waals surface area contributed by atoms with Gasteiger partial charge in [0.05, 0.1) is 5.56 Å². The minimum Gasteiger partial charge on any atom is -0.507 e. The summed E-state index contributed by atoms with van der Waals surface area (Å²) in [6.45, 7) is 7.41. The molecule has 1 aromatic rings. The smallest absolute Gasteiger partial charge is 0.153 e. The second kappa shape index (κ2) is 4.47. The molecule has 4 heteroatoms. The van der Waals surface area contributed by atoms with Crippen molar-refractivity contribution in [2.45, 2.75) is 39.0 Å². The normalized spacial score (nSPS) is 15.4. The number of hydrogen-bond acceptors (Lipinski definition) is 4. The quantitative estimate of drug-likeness (QED) is 0.553. The average molecular weight is 237 g/mol. The molecule has 0 aliphatic rings. The third-order valence-electron chi connectivity index (χ3n) is 2.34. The number of phenols is 1. The molecule has 0 aliphatic carbocycles. The predicted octanol–water partition coefficient (Wildman–Crippen LogP) is 1.76. The molecule has 0 saturated carbocycles. The van der Waals surface area contributed by atoms with Gasteiger partial charge in [-0.05, 0) is 45.4 Å². The van der Waals surface area contributed by atoms with Crippen molar-refractivity contribution in [2.24, 2.45) is 0 Å². The summed E-state index contributed by atoms with van der Waals surface area (Å²) >= 11 is 0. The van der Waals surface area contributed by atoms with Crippen molar-refractivity contribution in [3.63, 3.8) is 0 Å². The maximum atomic E-state index is 10.7. The number of aldehydes is 1. The van der Waals surface area contributed by atoms with Crippen molar-refractivity contribution >= 4 is 6.29 Å². The molecule has 94 valence electrons. The maximum Gasteiger partial charge on any atom is 0.153 e. The summed E-state index contributed by atoms with van der Waals surface area (Å²) in [6, 6.07) is 4.46. The Morgan fingerprint density at radius 3 is 2.29 bits per heavy atom. The summed E-state index contributed by atoms with van der Waals surface area (Å²) in [6.07, 6.45) is 0.562. The van der Waals surface area contributed by atoms with Crippen molar-refractivity contribution in [1.82, 2.24) is 5.32 Å². The lowest BCUT2D eigenvalue weighted by molar-refractivity contribution is -0.00421. The molecule has 0 saturated heterocycles. The Hall–Kier alpha value is -1.39. The van der Waals surface area contributed by atoms with Crippen LogP contribution in [-0.4, -0.2) is 22.0 Å². The van der Waals surface area contributed by atoms with Crippen LogP contribution in [0.5, 0.6) is 5.75 Å². The lowest BCUT2D eigenvalue weighted by Gasteiger charge is -2.34. The molecule has 0 radical (unpaired) electrons. The first-order valence-corrected chi connectivity index (χ1v) is 5.46. The molecule has 0 heterocycles. The molecule has 0 aliphatic heterocycles. The zero-order chi connectivity index (χ0) is 13.3. The number of aromatic hydroxyl groups is 1. The lowest BCUT2D eigenvalue weighted by atomic mass is 9.98. The van der Waals surface area contributed by atoms with E-state index in [-0.39, 0.29) is 16.9 Å². The summed E-state index contributed by atoms with van der Waals surface area (Å²) in [7, 11) is 0. The molecule has 0 bridgehead atoms. The van der Waals surface area contributed by atoms with E-state index in [2.05, 4.69) is 5.32 Å². The molecular weight excluding hydrogens is 218 g/mol. The molecule has 1 unspecified atom stereocenters. The second-order valence-electron chi connectivity index (χ2n) is 5.34. The zero-order valence-electron chi connectivity index (χ0n) is 10.6. The molecule has 17 heavy (non-hydrogen) atoms. The molecule has 0 spiro atoms. The molecule has 0 aromatic heterocycles. The van der Waals surface area contributed by atoms with Crippen molar-refractivity contribution in [2.75, 3.05) is 0 Å². The molecule has 1 rings (SSSR count). The number of carbonyl (C=O) groups excluding carboxylic acids is 1. The topological polar surface area (TPSA) is 69.6 Å². The van der Waals surface area contributed by atoms with Gasteiger partial charge in [-0.15, -0.1) is 0 Å². The van der Waals surface area contributed by atoms with Gasteiger partial charge >= 0.3 is 0 Å². The van der Waals surface area contributed by atoms with Crippen LogP contribution in [-0.2, 0) is 5.72 Å². The highest BCUT2D eigenvalue weighted by atomic mass is 16.3. The highest BCUT2D eigenvalue weighted by molar-refractivity contribution is 5.79. The molecule has 4 nitrogen and oxygen atoms in total. The first-order valence-electron chi connectivity index (χ1n) is 5.46. The summed E-state index contributed by atoms with van der Waals surface area (Å²) in [4.78, 5) is 10.7. The summed E-state index contributed by atoms with van der Waals surface area (Å²) in [5.74, 6) is -0.0877. The van der Waals surface area contributed by atoms with Crippen LogP contribution >= 0.6 is 0 Å². The zero-order valence-corrected chi connectivity index (χ0v) is 10.6. The van der Waals surface area contributed by atoms with Gasteiger partial charge in [0.15, 0.2) is 6.29 Å². The molecular formula is C13H19NO3. The van der Waals surface area contributed by atoms with Crippen LogP contribution in [0.15, 0.2) is 18.2 Å². The van der Waals surface area contributed by atoms with Crippen LogP contribution in [0.25, 0.3) is 0 Å². The second-order valence-corrected chi connectivity index (χ2v) is 5.34. The van der Waals surface area contributed by atoms with Gasteiger partial charge in [-0.25, -0.2) is 0 Å². The Morgan fingerprint density at radius 2 is 1.82 bits per heavy atom. The van der Waals surface area contributed by atoms with E-state index in [0.29, 0.717) is 11.8 Å². The SMILES string of the molecule is CC(C)(C)NC(C)(O)c1ccc(O)c(C=O)c1. The first-order chi connectivity index (χ1) is 7.65. The minimum atomic E-state index is -1.26. The Balaban J connectivity index is 3.11. The molecule has 1 aromatic carbocycles. The largest absolute Gasteiger partial charge is 0.507 e.